The molecule has 0 spiro atoms. The van der Waals surface area contributed by atoms with Gasteiger partial charge >= 0.3 is 5.97 Å². The maximum Gasteiger partial charge on any atom is 0.305 e. The van der Waals surface area contributed by atoms with Gasteiger partial charge in [-0.25, -0.2) is 0 Å². The van der Waals surface area contributed by atoms with Crippen molar-refractivity contribution in [1.29, 1.82) is 0 Å². The first kappa shape index (κ1) is 69.1. The average Bonchev–Trinajstić information content (AvgIpc) is 3.37. The van der Waals surface area contributed by atoms with Crippen molar-refractivity contribution >= 4 is 11.9 Å². The van der Waals surface area contributed by atoms with E-state index in [0.717, 1.165) is 70.6 Å². The highest BCUT2D eigenvalue weighted by Gasteiger charge is 2.18. The van der Waals surface area contributed by atoms with Crippen molar-refractivity contribution in [3.63, 3.8) is 0 Å². The quantitative estimate of drug-likeness (QED) is 0.0321. The number of aliphatic hydroxyl groups is 2. The summed E-state index contributed by atoms with van der Waals surface area (Å²) in [6, 6.07) is -0.641. The normalized spacial score (nSPS) is 12.8. The molecule has 0 saturated carbocycles. The van der Waals surface area contributed by atoms with Gasteiger partial charge in [-0.1, -0.05) is 281 Å². The molecule has 71 heavy (non-hydrogen) atoms. The van der Waals surface area contributed by atoms with E-state index in [-0.39, 0.29) is 18.5 Å². The zero-order chi connectivity index (χ0) is 51.4. The van der Waals surface area contributed by atoms with Crippen LogP contribution in [-0.4, -0.2) is 47.4 Å². The minimum Gasteiger partial charge on any atom is -0.466 e. The van der Waals surface area contributed by atoms with Gasteiger partial charge in [0.05, 0.1) is 25.4 Å². The second-order valence-electron chi connectivity index (χ2n) is 21.7. The zero-order valence-corrected chi connectivity index (χ0v) is 47.7. The van der Waals surface area contributed by atoms with E-state index in [0.29, 0.717) is 19.4 Å². The smallest absolute Gasteiger partial charge is 0.305 e. The van der Waals surface area contributed by atoms with Gasteiger partial charge in [0, 0.05) is 12.8 Å². The molecule has 418 valence electrons. The molecule has 2 unspecified atom stereocenters. The molecule has 0 fully saturated rings. The minimum atomic E-state index is -0.857. The Bertz CT molecular complexity index is 1150. The molecule has 0 aliphatic rings. The number of aliphatic hydroxyl groups excluding tert-OH is 2. The molecule has 0 saturated heterocycles. The highest BCUT2D eigenvalue weighted by atomic mass is 16.5. The fourth-order valence-corrected chi connectivity index (χ4v) is 9.74. The Hall–Kier alpha value is -1.92. The lowest BCUT2D eigenvalue weighted by Gasteiger charge is -2.20. The molecule has 0 bridgehead atoms. The van der Waals surface area contributed by atoms with Crippen LogP contribution >= 0.6 is 0 Å². The van der Waals surface area contributed by atoms with Crippen LogP contribution in [0.2, 0.25) is 0 Å². The van der Waals surface area contributed by atoms with E-state index in [2.05, 4.69) is 43.5 Å². The summed E-state index contributed by atoms with van der Waals surface area (Å²) in [6.45, 7) is 4.88. The van der Waals surface area contributed by atoms with E-state index < -0.39 is 12.1 Å². The number of esters is 1. The fraction of sp³-hybridized carbons (Fsp3) is 0.877. The largest absolute Gasteiger partial charge is 0.466 e. The third-order valence-corrected chi connectivity index (χ3v) is 14.6. The summed E-state index contributed by atoms with van der Waals surface area (Å²) in [6.07, 6.45) is 76.1. The van der Waals surface area contributed by atoms with Crippen molar-refractivity contribution < 1.29 is 24.5 Å². The van der Waals surface area contributed by atoms with Crippen LogP contribution in [0.1, 0.15) is 341 Å². The van der Waals surface area contributed by atoms with E-state index in [4.69, 9.17) is 4.74 Å². The van der Waals surface area contributed by atoms with Gasteiger partial charge in [0.25, 0.3) is 0 Å². The fourth-order valence-electron chi connectivity index (χ4n) is 9.74. The number of carbonyl (C=O) groups is 2. The van der Waals surface area contributed by atoms with Crippen molar-refractivity contribution in [2.24, 2.45) is 0 Å². The van der Waals surface area contributed by atoms with E-state index in [1.165, 1.54) is 244 Å². The monoisotopic (exact) mass is 998 g/mol. The second-order valence-corrected chi connectivity index (χ2v) is 21.7. The third kappa shape index (κ3) is 57.2. The lowest BCUT2D eigenvalue weighted by atomic mass is 10.0. The van der Waals surface area contributed by atoms with Crippen molar-refractivity contribution in [2.75, 3.05) is 13.2 Å². The van der Waals surface area contributed by atoms with Crippen LogP contribution in [0.3, 0.4) is 0 Å². The zero-order valence-electron chi connectivity index (χ0n) is 47.7. The van der Waals surface area contributed by atoms with Crippen LogP contribution in [0.4, 0.5) is 0 Å². The highest BCUT2D eigenvalue weighted by Crippen LogP contribution is 2.17. The summed E-state index contributed by atoms with van der Waals surface area (Å²) in [4.78, 5) is 24.5. The summed E-state index contributed by atoms with van der Waals surface area (Å²) in [5.74, 6) is -0.0998. The number of allylic oxidation sites excluding steroid dienone is 5. The molecule has 0 aliphatic heterocycles. The molecule has 6 heteroatoms. The number of unbranched alkanes of at least 4 members (excludes halogenated alkanes) is 44. The minimum absolute atomic E-state index is 0.0193. The number of carbonyl (C=O) groups excluding carboxylic acids is 2. The van der Waals surface area contributed by atoms with Crippen LogP contribution in [0, 0.1) is 0 Å². The van der Waals surface area contributed by atoms with Crippen molar-refractivity contribution in [3.05, 3.63) is 36.5 Å². The molecule has 0 aromatic heterocycles. The summed E-state index contributed by atoms with van der Waals surface area (Å²) in [5, 5.41) is 23.2. The summed E-state index contributed by atoms with van der Waals surface area (Å²) in [5.41, 5.74) is 0. The topological polar surface area (TPSA) is 95.9 Å². The Morgan fingerprint density at radius 2 is 0.662 bits per heavy atom. The summed E-state index contributed by atoms with van der Waals surface area (Å²) >= 11 is 0. The second kappa shape index (κ2) is 60.6. The van der Waals surface area contributed by atoms with E-state index >= 15 is 0 Å². The third-order valence-electron chi connectivity index (χ3n) is 14.6. The van der Waals surface area contributed by atoms with Gasteiger partial charge in [-0.2, -0.15) is 0 Å². The van der Waals surface area contributed by atoms with Crippen molar-refractivity contribution in [2.45, 2.75) is 353 Å². The number of hydrogen-bond acceptors (Lipinski definition) is 5. The SMILES string of the molecule is CCCCCCC/C=C\CCCCCCCC(=O)OCCCCCC/C=C\CCCCCCCCCC(=O)NC(CO)C(O)/C=C/CCCCCCCCCCCCCCCCCCCCCCCCC. The van der Waals surface area contributed by atoms with Crippen LogP contribution in [0.25, 0.3) is 0 Å². The van der Waals surface area contributed by atoms with E-state index in [1.54, 1.807) is 6.08 Å². The first-order valence-corrected chi connectivity index (χ1v) is 31.8. The van der Waals surface area contributed by atoms with Gasteiger partial charge in [0.2, 0.25) is 5.91 Å². The molecular formula is C65H123NO5. The number of hydrogen-bond donors (Lipinski definition) is 3. The predicted octanol–water partition coefficient (Wildman–Crippen LogP) is 20.0. The van der Waals surface area contributed by atoms with Crippen LogP contribution in [-0.2, 0) is 14.3 Å². The van der Waals surface area contributed by atoms with Gasteiger partial charge in [0.15, 0.2) is 0 Å². The Morgan fingerprint density at radius 1 is 0.380 bits per heavy atom. The van der Waals surface area contributed by atoms with Crippen molar-refractivity contribution in [1.82, 2.24) is 5.32 Å². The Balaban J connectivity index is 3.50. The molecule has 0 aromatic rings. The van der Waals surface area contributed by atoms with Crippen LogP contribution < -0.4 is 5.32 Å². The van der Waals surface area contributed by atoms with Gasteiger partial charge in [-0.05, 0) is 83.5 Å². The molecule has 0 heterocycles. The standard InChI is InChI=1S/C65H123NO5/c1-3-5-7-9-11-13-15-17-19-20-21-22-23-24-25-26-27-28-30-33-37-41-45-49-53-57-63(68)62(61-67)66-64(69)58-54-50-46-42-38-34-31-29-32-36-40-44-48-52-56-60-71-65(70)59-55-51-47-43-39-35-18-16-14-12-10-8-6-4-2/h16,18,32,36,53,57,62-63,67-68H,3-15,17,19-31,33-35,37-52,54-56,58-61H2,1-2H3,(H,66,69)/b18-16-,36-32-,57-53+. The Kier molecular flexibility index (Phi) is 59.0. The Morgan fingerprint density at radius 3 is 1.00 bits per heavy atom. The first-order chi connectivity index (χ1) is 35.0. The van der Waals surface area contributed by atoms with Crippen molar-refractivity contribution in [3.8, 4) is 0 Å². The Labute approximate surface area is 443 Å². The van der Waals surface area contributed by atoms with E-state index in [9.17, 15) is 19.8 Å². The number of rotatable bonds is 59. The maximum atomic E-state index is 12.5. The molecule has 0 radical (unpaired) electrons. The molecule has 1 amide bonds. The van der Waals surface area contributed by atoms with Crippen LogP contribution in [0.5, 0.6) is 0 Å². The summed E-state index contributed by atoms with van der Waals surface area (Å²) in [7, 11) is 0. The average molecular weight is 999 g/mol. The molecule has 2 atom stereocenters. The van der Waals surface area contributed by atoms with Gasteiger partial charge in [0.1, 0.15) is 0 Å². The lowest BCUT2D eigenvalue weighted by Crippen LogP contribution is -2.45. The number of ether oxygens (including phenoxy) is 1. The highest BCUT2D eigenvalue weighted by molar-refractivity contribution is 5.76. The first-order valence-electron chi connectivity index (χ1n) is 31.8. The van der Waals surface area contributed by atoms with Crippen LogP contribution in [0.15, 0.2) is 36.5 Å². The number of nitrogens with one attached hydrogen (secondary N) is 1. The predicted molar refractivity (Wildman–Crippen MR) is 310 cm³/mol. The maximum absolute atomic E-state index is 12.5. The molecule has 0 rings (SSSR count). The van der Waals surface area contributed by atoms with Gasteiger partial charge in [-0.15, -0.1) is 0 Å². The van der Waals surface area contributed by atoms with E-state index in [1.807, 2.05) is 6.08 Å². The summed E-state index contributed by atoms with van der Waals surface area (Å²) < 4.78 is 5.46. The van der Waals surface area contributed by atoms with Gasteiger partial charge in [-0.3, -0.25) is 9.59 Å². The number of amides is 1. The molecule has 6 nitrogen and oxygen atoms in total. The molecular weight excluding hydrogens is 875 g/mol. The molecule has 0 aromatic carbocycles. The van der Waals surface area contributed by atoms with Gasteiger partial charge < -0.3 is 20.3 Å². The molecule has 3 N–H and O–H groups in total. The molecule has 0 aliphatic carbocycles. The lowest BCUT2D eigenvalue weighted by molar-refractivity contribution is -0.143.